The van der Waals surface area contributed by atoms with E-state index in [2.05, 4.69) is 9.71 Å². The number of aryl methyl sites for hydroxylation is 1. The number of nitrogens with zero attached hydrogens (tertiary/aromatic N) is 1. The summed E-state index contributed by atoms with van der Waals surface area (Å²) in [6.45, 7) is 1.86. The molecule has 8 nitrogen and oxygen atoms in total. The number of aromatic nitrogens is 2. The van der Waals surface area contributed by atoms with Crippen molar-refractivity contribution >= 4 is 27.9 Å². The van der Waals surface area contributed by atoms with E-state index in [0.717, 1.165) is 22.9 Å². The van der Waals surface area contributed by atoms with Crippen LogP contribution in [-0.2, 0) is 10.0 Å². The molecule has 3 rings (SSSR count). The fourth-order valence-corrected chi connectivity index (χ4v) is 3.57. The molecular formula is C21H21N3O5S. The summed E-state index contributed by atoms with van der Waals surface area (Å²) in [6.07, 6.45) is 6.20. The fraction of sp³-hybridized carbons (Fsp3) is 0.143. The summed E-state index contributed by atoms with van der Waals surface area (Å²) in [4.78, 5) is 25.7. The maximum absolute atomic E-state index is 12.1. The van der Waals surface area contributed by atoms with Crippen LogP contribution in [0.25, 0.3) is 17.8 Å². The van der Waals surface area contributed by atoms with Crippen molar-refractivity contribution < 1.29 is 13.2 Å². The lowest BCUT2D eigenvalue weighted by molar-refractivity contribution is 0.410. The Bertz CT molecular complexity index is 1320. The second-order valence-electron chi connectivity index (χ2n) is 6.69. The van der Waals surface area contributed by atoms with Gasteiger partial charge in [-0.05, 0) is 42.3 Å². The smallest absolute Gasteiger partial charge is 0.332 e. The summed E-state index contributed by atoms with van der Waals surface area (Å²) in [7, 11) is -1.76. The number of hydrogen-bond acceptors (Lipinski definition) is 5. The van der Waals surface area contributed by atoms with Crippen molar-refractivity contribution in [2.24, 2.45) is 0 Å². The van der Waals surface area contributed by atoms with Gasteiger partial charge in [0.1, 0.15) is 5.75 Å². The van der Waals surface area contributed by atoms with Gasteiger partial charge in [-0.1, -0.05) is 24.3 Å². The number of ether oxygens (including phenoxy) is 1. The molecular weight excluding hydrogens is 406 g/mol. The Morgan fingerprint density at radius 3 is 2.37 bits per heavy atom. The third kappa shape index (κ3) is 5.06. The van der Waals surface area contributed by atoms with E-state index < -0.39 is 21.3 Å². The number of H-pyrrole nitrogens is 1. The van der Waals surface area contributed by atoms with Crippen LogP contribution in [0.15, 0.2) is 58.3 Å². The Balaban J connectivity index is 1.97. The van der Waals surface area contributed by atoms with Crippen molar-refractivity contribution in [3.8, 4) is 11.4 Å². The van der Waals surface area contributed by atoms with E-state index in [0.29, 0.717) is 17.1 Å². The molecule has 156 valence electrons. The summed E-state index contributed by atoms with van der Waals surface area (Å²) in [5.41, 5.74) is 2.47. The van der Waals surface area contributed by atoms with Crippen LogP contribution in [0.2, 0.25) is 0 Å². The summed E-state index contributed by atoms with van der Waals surface area (Å²) in [5.74, 6) is 0.655. The summed E-state index contributed by atoms with van der Waals surface area (Å²) < 4.78 is 31.9. The average molecular weight is 427 g/mol. The van der Waals surface area contributed by atoms with Gasteiger partial charge in [0, 0.05) is 23.5 Å². The molecule has 0 bridgehead atoms. The van der Waals surface area contributed by atoms with Crippen LogP contribution in [0.1, 0.15) is 16.7 Å². The normalized spacial score (nSPS) is 11.6. The van der Waals surface area contributed by atoms with Crippen LogP contribution in [0.5, 0.6) is 5.75 Å². The molecule has 3 aromatic rings. The van der Waals surface area contributed by atoms with Gasteiger partial charge in [0.05, 0.1) is 19.1 Å². The second kappa shape index (κ2) is 8.42. The van der Waals surface area contributed by atoms with Crippen molar-refractivity contribution in [2.75, 3.05) is 18.1 Å². The number of rotatable bonds is 6. The zero-order valence-electron chi connectivity index (χ0n) is 16.7. The summed E-state index contributed by atoms with van der Waals surface area (Å²) >= 11 is 0. The van der Waals surface area contributed by atoms with E-state index in [4.69, 9.17) is 4.74 Å². The monoisotopic (exact) mass is 427 g/mol. The quantitative estimate of drug-likeness (QED) is 0.587. The Labute approximate surface area is 173 Å². The molecule has 0 radical (unpaired) electrons. The first kappa shape index (κ1) is 21.1. The van der Waals surface area contributed by atoms with Crippen molar-refractivity contribution in [3.05, 3.63) is 86.2 Å². The molecule has 0 fully saturated rings. The molecule has 0 amide bonds. The zero-order valence-corrected chi connectivity index (χ0v) is 17.5. The molecule has 9 heteroatoms. The van der Waals surface area contributed by atoms with E-state index in [1.165, 1.54) is 16.8 Å². The van der Waals surface area contributed by atoms with E-state index in [1.807, 2.05) is 19.1 Å². The topological polar surface area (TPSA) is 110 Å². The third-order valence-corrected chi connectivity index (χ3v) is 4.87. The number of hydrogen-bond donors (Lipinski definition) is 2. The lowest BCUT2D eigenvalue weighted by Gasteiger charge is -2.13. The molecule has 0 atom stereocenters. The second-order valence-corrected chi connectivity index (χ2v) is 8.44. The van der Waals surface area contributed by atoms with Gasteiger partial charge in [0.15, 0.2) is 0 Å². The van der Waals surface area contributed by atoms with Gasteiger partial charge in [-0.25, -0.2) is 13.2 Å². The van der Waals surface area contributed by atoms with Crippen molar-refractivity contribution in [1.82, 2.24) is 9.55 Å². The lowest BCUT2D eigenvalue weighted by Crippen LogP contribution is -2.27. The number of methoxy groups -OCH3 is 1. The van der Waals surface area contributed by atoms with Gasteiger partial charge in [0.2, 0.25) is 10.0 Å². The molecule has 0 unspecified atom stereocenters. The standard InChI is InChI=1S/C21H21N3O5S/c1-14-12-18(24-11-10-19(25)22-21(24)26)13-16(20(14)29-2)7-4-15-5-8-17(9-6-15)23-30(3,27)28/h4-13,23H,1-3H3,(H,22,25,26). The van der Waals surface area contributed by atoms with E-state index >= 15 is 0 Å². The highest BCUT2D eigenvalue weighted by molar-refractivity contribution is 7.92. The summed E-state index contributed by atoms with van der Waals surface area (Å²) in [5, 5.41) is 0. The van der Waals surface area contributed by atoms with E-state index in [1.54, 1.807) is 43.5 Å². The van der Waals surface area contributed by atoms with Gasteiger partial charge in [-0.15, -0.1) is 0 Å². The van der Waals surface area contributed by atoms with Gasteiger partial charge >= 0.3 is 5.69 Å². The molecule has 30 heavy (non-hydrogen) atoms. The van der Waals surface area contributed by atoms with Gasteiger partial charge in [-0.2, -0.15) is 0 Å². The minimum absolute atomic E-state index is 0.463. The largest absolute Gasteiger partial charge is 0.496 e. The van der Waals surface area contributed by atoms with Gasteiger partial charge in [0.25, 0.3) is 5.56 Å². The van der Waals surface area contributed by atoms with E-state index in [-0.39, 0.29) is 0 Å². The highest BCUT2D eigenvalue weighted by Gasteiger charge is 2.09. The minimum atomic E-state index is -3.33. The Morgan fingerprint density at radius 1 is 1.07 bits per heavy atom. The van der Waals surface area contributed by atoms with Crippen LogP contribution in [-0.4, -0.2) is 31.3 Å². The lowest BCUT2D eigenvalue weighted by atomic mass is 10.1. The molecule has 1 aromatic heterocycles. The molecule has 0 saturated heterocycles. The SMILES string of the molecule is COc1c(C)cc(-n2ccc(=O)[nH]c2=O)cc1C=Cc1ccc(NS(C)(=O)=O)cc1. The number of anilines is 1. The molecule has 0 spiro atoms. The number of benzene rings is 2. The van der Waals surface area contributed by atoms with Gasteiger partial charge in [-0.3, -0.25) is 19.1 Å². The predicted molar refractivity (Wildman–Crippen MR) is 118 cm³/mol. The highest BCUT2D eigenvalue weighted by Crippen LogP contribution is 2.28. The first-order chi connectivity index (χ1) is 14.2. The van der Waals surface area contributed by atoms with Crippen LogP contribution >= 0.6 is 0 Å². The van der Waals surface area contributed by atoms with E-state index in [9.17, 15) is 18.0 Å². The predicted octanol–water partition coefficient (Wildman–Crippen LogP) is 2.38. The maximum atomic E-state index is 12.1. The molecule has 0 aliphatic rings. The molecule has 1 heterocycles. The average Bonchev–Trinajstić information content (AvgIpc) is 2.66. The molecule has 0 saturated carbocycles. The molecule has 2 aromatic carbocycles. The van der Waals surface area contributed by atoms with Crippen molar-refractivity contribution in [1.29, 1.82) is 0 Å². The number of sulfonamides is 1. The van der Waals surface area contributed by atoms with Gasteiger partial charge < -0.3 is 4.74 Å². The zero-order chi connectivity index (χ0) is 21.9. The van der Waals surface area contributed by atoms with Crippen molar-refractivity contribution in [3.63, 3.8) is 0 Å². The highest BCUT2D eigenvalue weighted by atomic mass is 32.2. The van der Waals surface area contributed by atoms with Crippen LogP contribution in [0.3, 0.4) is 0 Å². The number of nitrogens with one attached hydrogen (secondary N) is 2. The number of aromatic amines is 1. The first-order valence-electron chi connectivity index (χ1n) is 8.93. The molecule has 0 aliphatic heterocycles. The molecule has 0 aliphatic carbocycles. The van der Waals surface area contributed by atoms with Crippen LogP contribution < -0.4 is 20.7 Å². The Kier molecular flexibility index (Phi) is 5.93. The Hall–Kier alpha value is -3.59. The maximum Gasteiger partial charge on any atom is 0.332 e. The minimum Gasteiger partial charge on any atom is -0.496 e. The van der Waals surface area contributed by atoms with Crippen molar-refractivity contribution in [2.45, 2.75) is 6.92 Å². The summed E-state index contributed by atoms with van der Waals surface area (Å²) in [6, 6.07) is 11.7. The fourth-order valence-electron chi connectivity index (χ4n) is 3.01. The Morgan fingerprint density at radius 2 is 1.77 bits per heavy atom. The first-order valence-corrected chi connectivity index (χ1v) is 10.8. The van der Waals surface area contributed by atoms with Crippen LogP contribution in [0.4, 0.5) is 5.69 Å². The van der Waals surface area contributed by atoms with Crippen LogP contribution in [0, 0.1) is 6.92 Å². The molecule has 2 N–H and O–H groups in total. The third-order valence-electron chi connectivity index (χ3n) is 4.26.